The number of sulfone groups is 1. The van der Waals surface area contributed by atoms with Crippen LogP contribution in [0.25, 0.3) is 0 Å². The minimum Gasteiger partial charge on any atom is -0.462 e. The van der Waals surface area contributed by atoms with Gasteiger partial charge in [-0.25, -0.2) is 8.42 Å². The van der Waals surface area contributed by atoms with Crippen LogP contribution < -0.4 is 0 Å². The molecule has 0 aliphatic rings. The fourth-order valence-corrected chi connectivity index (χ4v) is 2.86. The lowest BCUT2D eigenvalue weighted by Crippen LogP contribution is -2.31. The SMILES string of the molecule is COCCOC(=O)C(C)S(=O)(=O)Cc1ccc(CO)cc1. The van der Waals surface area contributed by atoms with E-state index in [4.69, 9.17) is 14.6 Å². The predicted molar refractivity (Wildman–Crippen MR) is 77.3 cm³/mol. The molecule has 1 N–H and O–H groups in total. The van der Waals surface area contributed by atoms with Gasteiger partial charge in [0.25, 0.3) is 0 Å². The Morgan fingerprint density at radius 3 is 2.29 bits per heavy atom. The average Bonchev–Trinajstić information content (AvgIpc) is 2.47. The molecule has 0 amide bonds. The number of aliphatic hydroxyl groups is 1. The third-order valence-corrected chi connectivity index (χ3v) is 4.98. The molecule has 0 radical (unpaired) electrons. The molecule has 1 aromatic rings. The summed E-state index contributed by atoms with van der Waals surface area (Å²) in [5.74, 6) is -1.03. The number of carbonyl (C=O) groups is 1. The van der Waals surface area contributed by atoms with Gasteiger partial charge in [-0.3, -0.25) is 4.79 Å². The van der Waals surface area contributed by atoms with Crippen LogP contribution in [0.5, 0.6) is 0 Å². The van der Waals surface area contributed by atoms with Crippen molar-refractivity contribution in [3.63, 3.8) is 0 Å². The van der Waals surface area contributed by atoms with E-state index in [1.807, 2.05) is 0 Å². The van der Waals surface area contributed by atoms with Gasteiger partial charge in [0.1, 0.15) is 6.61 Å². The molecule has 21 heavy (non-hydrogen) atoms. The summed E-state index contributed by atoms with van der Waals surface area (Å²) < 4.78 is 33.9. The van der Waals surface area contributed by atoms with Gasteiger partial charge in [0.15, 0.2) is 15.1 Å². The van der Waals surface area contributed by atoms with E-state index in [0.717, 1.165) is 0 Å². The molecule has 1 rings (SSSR count). The second-order valence-corrected chi connectivity index (χ2v) is 6.91. The minimum atomic E-state index is -3.65. The molecule has 0 saturated heterocycles. The van der Waals surface area contributed by atoms with Crippen molar-refractivity contribution in [1.82, 2.24) is 0 Å². The van der Waals surface area contributed by atoms with Gasteiger partial charge in [-0.15, -0.1) is 0 Å². The van der Waals surface area contributed by atoms with Crippen molar-refractivity contribution < 1.29 is 27.8 Å². The van der Waals surface area contributed by atoms with Crippen LogP contribution in [-0.2, 0) is 36.5 Å². The second-order valence-electron chi connectivity index (χ2n) is 4.58. The van der Waals surface area contributed by atoms with E-state index >= 15 is 0 Å². The number of benzene rings is 1. The van der Waals surface area contributed by atoms with Gasteiger partial charge in [-0.1, -0.05) is 24.3 Å². The summed E-state index contributed by atoms with van der Waals surface area (Å²) in [5.41, 5.74) is 1.26. The lowest BCUT2D eigenvalue weighted by Gasteiger charge is -2.12. The zero-order valence-corrected chi connectivity index (χ0v) is 12.9. The molecule has 6 nitrogen and oxygen atoms in total. The Balaban J connectivity index is 2.68. The molecular weight excluding hydrogens is 296 g/mol. The summed E-state index contributed by atoms with van der Waals surface area (Å²) in [6.07, 6.45) is 0. The predicted octanol–water partition coefficient (Wildman–Crippen LogP) is 0.672. The molecule has 0 bridgehead atoms. The maximum Gasteiger partial charge on any atom is 0.324 e. The third kappa shape index (κ3) is 5.45. The highest BCUT2D eigenvalue weighted by Gasteiger charge is 2.29. The molecule has 118 valence electrons. The number of aliphatic hydroxyl groups excluding tert-OH is 1. The van der Waals surface area contributed by atoms with Crippen LogP contribution in [0, 0.1) is 0 Å². The van der Waals surface area contributed by atoms with Gasteiger partial charge in [0.2, 0.25) is 0 Å². The lowest BCUT2D eigenvalue weighted by atomic mass is 10.2. The van der Waals surface area contributed by atoms with Gasteiger partial charge in [0.05, 0.1) is 19.0 Å². The molecule has 0 aromatic heterocycles. The van der Waals surface area contributed by atoms with E-state index in [9.17, 15) is 13.2 Å². The molecule has 0 aliphatic heterocycles. The average molecular weight is 316 g/mol. The van der Waals surface area contributed by atoms with Crippen LogP contribution in [-0.4, -0.2) is 45.1 Å². The third-order valence-electron chi connectivity index (χ3n) is 2.98. The van der Waals surface area contributed by atoms with Crippen molar-refractivity contribution >= 4 is 15.8 Å². The Labute approximate surface area is 124 Å². The Hall–Kier alpha value is -1.44. The first kappa shape index (κ1) is 17.6. The largest absolute Gasteiger partial charge is 0.462 e. The Bertz CT molecular complexity index is 549. The molecule has 0 spiro atoms. The Kier molecular flexibility index (Phi) is 6.80. The maximum atomic E-state index is 12.1. The van der Waals surface area contributed by atoms with Gasteiger partial charge in [-0.05, 0) is 18.1 Å². The standard InChI is InChI=1S/C14H20O6S/c1-11(14(16)20-8-7-19-2)21(17,18)10-13-5-3-12(9-15)4-6-13/h3-6,11,15H,7-10H2,1-2H3. The van der Waals surface area contributed by atoms with Crippen molar-refractivity contribution in [2.75, 3.05) is 20.3 Å². The normalized spacial score (nSPS) is 12.9. The molecule has 0 saturated carbocycles. The minimum absolute atomic E-state index is 0.0282. The van der Waals surface area contributed by atoms with Crippen LogP contribution in [0.2, 0.25) is 0 Å². The first-order chi connectivity index (χ1) is 9.90. The van der Waals surface area contributed by atoms with Crippen molar-refractivity contribution in [2.45, 2.75) is 24.5 Å². The summed E-state index contributed by atoms with van der Waals surface area (Å²) in [4.78, 5) is 11.7. The highest BCUT2D eigenvalue weighted by atomic mass is 32.2. The highest BCUT2D eigenvalue weighted by molar-refractivity contribution is 7.92. The molecule has 0 heterocycles. The highest BCUT2D eigenvalue weighted by Crippen LogP contribution is 2.13. The van der Waals surface area contributed by atoms with Crippen molar-refractivity contribution in [2.24, 2.45) is 0 Å². The van der Waals surface area contributed by atoms with E-state index in [2.05, 4.69) is 0 Å². The number of hydrogen-bond donors (Lipinski definition) is 1. The van der Waals surface area contributed by atoms with Crippen LogP contribution in [0.15, 0.2) is 24.3 Å². The molecule has 1 atom stereocenters. The Morgan fingerprint density at radius 2 is 1.76 bits per heavy atom. The van der Waals surface area contributed by atoms with Crippen molar-refractivity contribution in [3.8, 4) is 0 Å². The van der Waals surface area contributed by atoms with E-state index < -0.39 is 21.1 Å². The number of ether oxygens (including phenoxy) is 2. The van der Waals surface area contributed by atoms with Crippen molar-refractivity contribution in [3.05, 3.63) is 35.4 Å². The summed E-state index contributed by atoms with van der Waals surface area (Å²) in [6, 6.07) is 6.52. The van der Waals surface area contributed by atoms with E-state index in [1.165, 1.54) is 14.0 Å². The van der Waals surface area contributed by atoms with Gasteiger partial charge in [-0.2, -0.15) is 0 Å². The first-order valence-electron chi connectivity index (χ1n) is 6.46. The molecule has 7 heteroatoms. The van der Waals surface area contributed by atoms with E-state index in [-0.39, 0.29) is 25.6 Å². The summed E-state index contributed by atoms with van der Waals surface area (Å²) in [5, 5.41) is 7.71. The number of hydrogen-bond acceptors (Lipinski definition) is 6. The van der Waals surface area contributed by atoms with Gasteiger partial charge >= 0.3 is 5.97 Å². The molecular formula is C14H20O6S. The maximum absolute atomic E-state index is 12.1. The monoisotopic (exact) mass is 316 g/mol. The molecule has 0 aliphatic carbocycles. The zero-order chi connectivity index (χ0) is 15.9. The van der Waals surface area contributed by atoms with Crippen LogP contribution in [0.3, 0.4) is 0 Å². The summed E-state index contributed by atoms with van der Waals surface area (Å²) in [7, 11) is -2.18. The second kappa shape index (κ2) is 8.11. The summed E-state index contributed by atoms with van der Waals surface area (Å²) >= 11 is 0. The number of methoxy groups -OCH3 is 1. The summed E-state index contributed by atoms with van der Waals surface area (Å²) in [6.45, 7) is 1.46. The van der Waals surface area contributed by atoms with Crippen molar-refractivity contribution in [1.29, 1.82) is 0 Å². The van der Waals surface area contributed by atoms with Crippen LogP contribution in [0.1, 0.15) is 18.1 Å². The first-order valence-corrected chi connectivity index (χ1v) is 8.18. The van der Waals surface area contributed by atoms with E-state index in [0.29, 0.717) is 11.1 Å². The quantitative estimate of drug-likeness (QED) is 0.560. The smallest absolute Gasteiger partial charge is 0.324 e. The fraction of sp³-hybridized carbons (Fsp3) is 0.500. The number of rotatable bonds is 8. The number of esters is 1. The molecule has 0 fully saturated rings. The Morgan fingerprint density at radius 1 is 1.19 bits per heavy atom. The number of carbonyl (C=O) groups excluding carboxylic acids is 1. The van der Waals surface area contributed by atoms with Crippen LogP contribution >= 0.6 is 0 Å². The molecule has 1 unspecified atom stereocenters. The van der Waals surface area contributed by atoms with E-state index in [1.54, 1.807) is 24.3 Å². The molecule has 1 aromatic carbocycles. The lowest BCUT2D eigenvalue weighted by molar-refractivity contribution is -0.144. The zero-order valence-electron chi connectivity index (χ0n) is 12.1. The topological polar surface area (TPSA) is 89.9 Å². The van der Waals surface area contributed by atoms with Gasteiger partial charge < -0.3 is 14.6 Å². The van der Waals surface area contributed by atoms with Gasteiger partial charge in [0, 0.05) is 7.11 Å². The van der Waals surface area contributed by atoms with Crippen LogP contribution in [0.4, 0.5) is 0 Å². The fourth-order valence-electron chi connectivity index (χ4n) is 1.59.